The number of aliphatic carboxylic acids is 1. The van der Waals surface area contributed by atoms with Gasteiger partial charge in [-0.05, 0) is 6.92 Å². The topological polar surface area (TPSA) is 64.4 Å². The number of carboxylic acid groups (broad SMARTS) is 1. The van der Waals surface area contributed by atoms with Crippen LogP contribution in [0.5, 0.6) is 0 Å². The summed E-state index contributed by atoms with van der Waals surface area (Å²) in [4.78, 5) is 14.7. The quantitative estimate of drug-likeness (QED) is 0.829. The summed E-state index contributed by atoms with van der Waals surface area (Å²) in [5.74, 6) is -1.00. The molecule has 1 aromatic rings. The molecule has 5 nitrogen and oxygen atoms in total. The first-order chi connectivity index (χ1) is 7.10. The van der Waals surface area contributed by atoms with Crippen LogP contribution in [-0.2, 0) is 22.5 Å². The molecule has 0 saturated carbocycles. The third-order valence-corrected chi connectivity index (χ3v) is 2.49. The summed E-state index contributed by atoms with van der Waals surface area (Å²) >= 11 is 5.85. The van der Waals surface area contributed by atoms with Crippen molar-refractivity contribution in [1.29, 1.82) is 0 Å². The molecule has 0 aliphatic heterocycles. The molecular formula is C9H13ClN2O3. The van der Waals surface area contributed by atoms with Crippen LogP contribution in [0, 0.1) is 0 Å². The highest BCUT2D eigenvalue weighted by atomic mass is 35.5. The van der Waals surface area contributed by atoms with E-state index >= 15 is 0 Å². The minimum Gasteiger partial charge on any atom is -0.479 e. The van der Waals surface area contributed by atoms with Gasteiger partial charge in [-0.2, -0.15) is 0 Å². The number of halogens is 1. The maximum Gasteiger partial charge on any atom is 0.333 e. The SMILES string of the molecule is CCn1cnc(Cl)c1CC(OC)C(=O)O. The number of imidazole rings is 1. The second kappa shape index (κ2) is 5.14. The summed E-state index contributed by atoms with van der Waals surface area (Å²) in [6.07, 6.45) is 0.926. The molecule has 6 heteroatoms. The van der Waals surface area contributed by atoms with Gasteiger partial charge in [-0.15, -0.1) is 0 Å². The number of hydrogen-bond acceptors (Lipinski definition) is 3. The van der Waals surface area contributed by atoms with E-state index in [-0.39, 0.29) is 6.42 Å². The van der Waals surface area contributed by atoms with Crippen LogP contribution in [0.1, 0.15) is 12.6 Å². The summed E-state index contributed by atoms with van der Waals surface area (Å²) in [6, 6.07) is 0. The molecule has 1 atom stereocenters. The van der Waals surface area contributed by atoms with Gasteiger partial charge < -0.3 is 14.4 Å². The van der Waals surface area contributed by atoms with E-state index < -0.39 is 12.1 Å². The first-order valence-electron chi connectivity index (χ1n) is 4.55. The van der Waals surface area contributed by atoms with Gasteiger partial charge in [0.05, 0.1) is 12.0 Å². The Balaban J connectivity index is 2.86. The second-order valence-electron chi connectivity index (χ2n) is 3.03. The van der Waals surface area contributed by atoms with E-state index in [0.29, 0.717) is 17.4 Å². The molecule has 0 bridgehead atoms. The van der Waals surface area contributed by atoms with Gasteiger partial charge in [-0.25, -0.2) is 9.78 Å². The van der Waals surface area contributed by atoms with E-state index in [4.69, 9.17) is 21.4 Å². The number of methoxy groups -OCH3 is 1. The van der Waals surface area contributed by atoms with Crippen LogP contribution in [0.3, 0.4) is 0 Å². The average molecular weight is 233 g/mol. The highest BCUT2D eigenvalue weighted by molar-refractivity contribution is 6.30. The number of carboxylic acids is 1. The van der Waals surface area contributed by atoms with Gasteiger partial charge in [0.15, 0.2) is 6.10 Å². The first kappa shape index (κ1) is 12.0. The fourth-order valence-corrected chi connectivity index (χ4v) is 1.53. The highest BCUT2D eigenvalue weighted by Gasteiger charge is 2.21. The molecule has 0 amide bonds. The lowest BCUT2D eigenvalue weighted by atomic mass is 10.2. The van der Waals surface area contributed by atoms with E-state index in [2.05, 4.69) is 4.98 Å². The molecule has 0 fully saturated rings. The standard InChI is InChI=1S/C9H13ClN2O3/c1-3-12-5-11-8(10)6(12)4-7(15-2)9(13)14/h5,7H,3-4H2,1-2H3,(H,13,14). The molecule has 1 heterocycles. The van der Waals surface area contributed by atoms with E-state index in [1.807, 2.05) is 6.92 Å². The highest BCUT2D eigenvalue weighted by Crippen LogP contribution is 2.16. The molecule has 1 rings (SSSR count). The van der Waals surface area contributed by atoms with Crippen molar-refractivity contribution in [3.63, 3.8) is 0 Å². The molecule has 84 valence electrons. The normalized spacial score (nSPS) is 12.7. The van der Waals surface area contributed by atoms with Gasteiger partial charge in [0, 0.05) is 20.1 Å². The molecule has 0 spiro atoms. The largest absolute Gasteiger partial charge is 0.479 e. The summed E-state index contributed by atoms with van der Waals surface area (Å²) in [5.41, 5.74) is 0.688. The van der Waals surface area contributed by atoms with Crippen molar-refractivity contribution >= 4 is 17.6 Å². The van der Waals surface area contributed by atoms with Crippen LogP contribution in [0.15, 0.2) is 6.33 Å². The Kier molecular flexibility index (Phi) is 4.11. The van der Waals surface area contributed by atoms with E-state index in [9.17, 15) is 4.79 Å². The summed E-state index contributed by atoms with van der Waals surface area (Å²) in [5, 5.41) is 9.16. The maximum atomic E-state index is 10.8. The van der Waals surface area contributed by atoms with Gasteiger partial charge in [0.2, 0.25) is 0 Å². The Bertz CT molecular complexity index is 351. The predicted octanol–water partition coefficient (Wildman–Crippen LogP) is 1.20. The molecule has 1 unspecified atom stereocenters. The molecule has 0 aliphatic carbocycles. The number of nitrogens with zero attached hydrogens (tertiary/aromatic N) is 2. The summed E-state index contributed by atoms with van der Waals surface area (Å²) < 4.78 is 6.64. The molecule has 1 aromatic heterocycles. The van der Waals surface area contributed by atoms with Crippen LogP contribution in [0.4, 0.5) is 0 Å². The van der Waals surface area contributed by atoms with E-state index in [1.54, 1.807) is 10.9 Å². The Labute approximate surface area is 92.6 Å². The molecule has 15 heavy (non-hydrogen) atoms. The Hall–Kier alpha value is -1.07. The fourth-order valence-electron chi connectivity index (χ4n) is 1.30. The predicted molar refractivity (Wildman–Crippen MR) is 55.0 cm³/mol. The van der Waals surface area contributed by atoms with Gasteiger partial charge in [-0.1, -0.05) is 11.6 Å². The average Bonchev–Trinajstić information content (AvgIpc) is 2.55. The van der Waals surface area contributed by atoms with Gasteiger partial charge >= 0.3 is 5.97 Å². The molecule has 0 radical (unpaired) electrons. The Morgan fingerprint density at radius 1 is 1.80 bits per heavy atom. The van der Waals surface area contributed by atoms with Crippen LogP contribution >= 0.6 is 11.6 Å². The van der Waals surface area contributed by atoms with Gasteiger partial charge in [0.25, 0.3) is 0 Å². The smallest absolute Gasteiger partial charge is 0.333 e. The van der Waals surface area contributed by atoms with Crippen LogP contribution < -0.4 is 0 Å². The van der Waals surface area contributed by atoms with Crippen LogP contribution in [0.25, 0.3) is 0 Å². The lowest BCUT2D eigenvalue weighted by molar-refractivity contribution is -0.148. The zero-order chi connectivity index (χ0) is 11.4. The maximum absolute atomic E-state index is 10.8. The Morgan fingerprint density at radius 3 is 2.93 bits per heavy atom. The summed E-state index contributed by atoms with van der Waals surface area (Å²) in [6.45, 7) is 2.63. The van der Waals surface area contributed by atoms with Crippen molar-refractivity contribution in [2.24, 2.45) is 0 Å². The minimum atomic E-state index is -1.00. The zero-order valence-electron chi connectivity index (χ0n) is 8.61. The summed E-state index contributed by atoms with van der Waals surface area (Å²) in [7, 11) is 1.36. The molecule has 1 N–H and O–H groups in total. The third kappa shape index (κ3) is 2.70. The monoisotopic (exact) mass is 232 g/mol. The van der Waals surface area contributed by atoms with Crippen molar-refractivity contribution in [2.75, 3.05) is 7.11 Å². The minimum absolute atomic E-state index is 0.221. The molecular weight excluding hydrogens is 220 g/mol. The van der Waals surface area contributed by atoms with E-state index in [1.165, 1.54) is 7.11 Å². The molecule has 0 aromatic carbocycles. The number of carbonyl (C=O) groups is 1. The number of aryl methyl sites for hydroxylation is 1. The number of aromatic nitrogens is 2. The van der Waals surface area contributed by atoms with Crippen molar-refractivity contribution in [1.82, 2.24) is 9.55 Å². The zero-order valence-corrected chi connectivity index (χ0v) is 9.36. The van der Waals surface area contributed by atoms with Gasteiger partial charge in [-0.3, -0.25) is 0 Å². The van der Waals surface area contributed by atoms with Crippen molar-refractivity contribution in [3.05, 3.63) is 17.2 Å². The number of rotatable bonds is 5. The lowest BCUT2D eigenvalue weighted by Crippen LogP contribution is -2.26. The van der Waals surface area contributed by atoms with Crippen molar-refractivity contribution < 1.29 is 14.6 Å². The molecule has 0 aliphatic rings. The Morgan fingerprint density at radius 2 is 2.47 bits per heavy atom. The van der Waals surface area contributed by atoms with Crippen molar-refractivity contribution in [2.45, 2.75) is 26.0 Å². The molecule has 0 saturated heterocycles. The lowest BCUT2D eigenvalue weighted by Gasteiger charge is -2.11. The number of hydrogen-bond donors (Lipinski definition) is 1. The van der Waals surface area contributed by atoms with Gasteiger partial charge in [0.1, 0.15) is 5.15 Å². The third-order valence-electron chi connectivity index (χ3n) is 2.17. The van der Waals surface area contributed by atoms with Crippen LogP contribution in [0.2, 0.25) is 5.15 Å². The van der Waals surface area contributed by atoms with Crippen LogP contribution in [-0.4, -0.2) is 33.8 Å². The van der Waals surface area contributed by atoms with Crippen molar-refractivity contribution in [3.8, 4) is 0 Å². The second-order valence-corrected chi connectivity index (χ2v) is 3.39. The van der Waals surface area contributed by atoms with E-state index in [0.717, 1.165) is 0 Å². The number of ether oxygens (including phenoxy) is 1. The fraction of sp³-hybridized carbons (Fsp3) is 0.556. The first-order valence-corrected chi connectivity index (χ1v) is 4.93.